The van der Waals surface area contributed by atoms with Crippen molar-refractivity contribution in [1.82, 2.24) is 55.6 Å². The van der Waals surface area contributed by atoms with E-state index in [4.69, 9.17) is 0 Å². The molecule has 0 aliphatic carbocycles. The number of aliphatic hydroxyl groups is 2. The van der Waals surface area contributed by atoms with E-state index >= 15 is 9.59 Å². The number of nitrogens with zero attached hydrogens (tertiary/aromatic N) is 7. The first-order chi connectivity index (χ1) is 40.4. The lowest BCUT2D eigenvalue weighted by atomic mass is 9.91. The number of allylic oxidation sites excluding steroid dienone is 2. The summed E-state index contributed by atoms with van der Waals surface area (Å²) in [6, 6.07) is -12.8. The van der Waals surface area contributed by atoms with Crippen LogP contribution in [0.3, 0.4) is 0 Å². The van der Waals surface area contributed by atoms with Crippen LogP contribution in [-0.4, -0.2) is 237 Å². The molecule has 1 rings (SSSR count). The van der Waals surface area contributed by atoms with Gasteiger partial charge >= 0.3 is 0 Å². The molecule has 0 aromatic carbocycles. The Morgan fingerprint density at radius 2 is 0.989 bits per heavy atom. The maximum atomic E-state index is 15.2. The van der Waals surface area contributed by atoms with Crippen molar-refractivity contribution in [3.63, 3.8) is 0 Å². The van der Waals surface area contributed by atoms with Gasteiger partial charge in [0.05, 0.1) is 30.0 Å². The van der Waals surface area contributed by atoms with Gasteiger partial charge < -0.3 is 60.9 Å². The van der Waals surface area contributed by atoms with Gasteiger partial charge in [0.15, 0.2) is 5.78 Å². The van der Waals surface area contributed by atoms with E-state index in [1.54, 1.807) is 60.6 Å². The molecule has 12 atom stereocenters. The van der Waals surface area contributed by atoms with Gasteiger partial charge in [-0.3, -0.25) is 57.6 Å². The van der Waals surface area contributed by atoms with Crippen LogP contribution in [0, 0.1) is 35.5 Å². The molecule has 6 N–H and O–H groups in total. The molecule has 0 saturated carbocycles. The highest BCUT2D eigenvalue weighted by molar-refractivity contribution is 6.02. The third-order valence-corrected chi connectivity index (χ3v) is 16.4. The number of aliphatic hydroxyl groups excluding tert-OH is 1. The highest BCUT2D eigenvalue weighted by atomic mass is 16.3. The van der Waals surface area contributed by atoms with E-state index in [0.717, 1.165) is 9.80 Å². The second-order valence-corrected chi connectivity index (χ2v) is 27.0. The van der Waals surface area contributed by atoms with Gasteiger partial charge in [0, 0.05) is 48.7 Å². The standard InChI is InChI=1S/C64H113N11O13/c1-26-28-29-40(13)53(77)52-57(81)67-44(27-2)59(83)70(20)43(16)49(76)34-69(19)48(33-64(17,18)88)56(80)68-50(38(9)10)62(86)71(21)45(30-35(3)4)55(79)65-41(14)54(78)66-42(15)58(82)72(22)46(31-36(5)6)60(84)73(23)47(32-37(7)8)61(85)74(24)51(39(11)12)63(87)75(52)25/h26,28,35-42,44-48,50-53,77,88H,16,27,29-34H2,1-15,17-25H3,(H,65,79)(H,66,78)(H,67,81)(H,68,80)/t40-,41+,42-,44+,45+,46+,47+,48+,50+,51+,52+,53-/m1/s1. The van der Waals surface area contributed by atoms with Crippen molar-refractivity contribution in [3.05, 3.63) is 24.4 Å². The Morgan fingerprint density at radius 1 is 0.545 bits per heavy atom. The second-order valence-electron chi connectivity index (χ2n) is 27.0. The van der Waals surface area contributed by atoms with Gasteiger partial charge in [-0.2, -0.15) is 0 Å². The zero-order chi connectivity index (χ0) is 68.5. The molecule has 0 spiro atoms. The van der Waals surface area contributed by atoms with Gasteiger partial charge in [-0.15, -0.1) is 0 Å². The summed E-state index contributed by atoms with van der Waals surface area (Å²) in [6.45, 7) is 32.2. The molecule has 0 bridgehead atoms. The van der Waals surface area contributed by atoms with E-state index in [0.29, 0.717) is 0 Å². The third kappa shape index (κ3) is 22.3. The lowest BCUT2D eigenvalue weighted by molar-refractivity contribution is -0.157. The van der Waals surface area contributed by atoms with Gasteiger partial charge in [-0.25, -0.2) is 0 Å². The quantitative estimate of drug-likeness (QED) is 0.102. The van der Waals surface area contributed by atoms with Crippen LogP contribution in [0.1, 0.15) is 156 Å². The molecule has 0 unspecified atom stereocenters. The molecular weight excluding hydrogens is 1130 g/mol. The zero-order valence-corrected chi connectivity index (χ0v) is 57.6. The van der Waals surface area contributed by atoms with Crippen molar-refractivity contribution in [3.8, 4) is 0 Å². The SMILES string of the molecule is C=C1C(=O)CN(C)[C@@H](CC(C)(C)O)C(=O)N[C@@H](C(C)C)C(=O)N(C)[C@@H](CC(C)C)C(=O)N[C@@H](C)C(=O)N[C@H](C)C(=O)N(C)[C@@H](CC(C)C)C(=O)N(C)[C@@H](CC(C)C)C(=O)N(C)[C@@H](C(C)C)C(=O)N(C)[C@@H]([C@H](O)[C@H](C)CC=CC)C(=O)N[C@@H](CC)C(=O)N1C. The van der Waals surface area contributed by atoms with Gasteiger partial charge in [-0.1, -0.05) is 102 Å². The molecule has 88 heavy (non-hydrogen) atoms. The van der Waals surface area contributed by atoms with Crippen molar-refractivity contribution < 1.29 is 63.0 Å². The highest BCUT2D eigenvalue weighted by Gasteiger charge is 2.46. The van der Waals surface area contributed by atoms with Crippen LogP contribution in [0.2, 0.25) is 0 Å². The molecule has 0 aromatic rings. The normalized spacial score (nSPS) is 26.9. The van der Waals surface area contributed by atoms with E-state index < -0.39 is 161 Å². The number of carbonyl (C=O) groups is 11. The number of amides is 10. The van der Waals surface area contributed by atoms with Gasteiger partial charge in [-0.05, 0) is 109 Å². The number of nitrogens with one attached hydrogen (secondary N) is 4. The molecule has 502 valence electrons. The molecular formula is C64H113N11O13. The van der Waals surface area contributed by atoms with Gasteiger partial charge in [0.25, 0.3) is 0 Å². The minimum atomic E-state index is -1.65. The molecule has 0 aromatic heterocycles. The fourth-order valence-corrected chi connectivity index (χ4v) is 10.9. The summed E-state index contributed by atoms with van der Waals surface area (Å²) in [6.07, 6.45) is 2.45. The van der Waals surface area contributed by atoms with Crippen molar-refractivity contribution in [1.29, 1.82) is 0 Å². The first kappa shape index (κ1) is 79.7. The predicted molar refractivity (Wildman–Crippen MR) is 339 cm³/mol. The van der Waals surface area contributed by atoms with Crippen molar-refractivity contribution in [2.45, 2.75) is 228 Å². The average molecular weight is 1240 g/mol. The zero-order valence-electron chi connectivity index (χ0n) is 57.6. The topological polar surface area (TPSA) is 299 Å². The minimum absolute atomic E-state index is 0.0292. The van der Waals surface area contributed by atoms with E-state index in [-0.39, 0.29) is 62.0 Å². The Morgan fingerprint density at radius 3 is 1.44 bits per heavy atom. The van der Waals surface area contributed by atoms with E-state index in [9.17, 15) is 53.4 Å². The summed E-state index contributed by atoms with van der Waals surface area (Å²) in [7, 11) is 9.77. The molecule has 1 saturated heterocycles. The maximum absolute atomic E-state index is 15.2. The van der Waals surface area contributed by atoms with Gasteiger partial charge in [0.1, 0.15) is 54.4 Å². The predicted octanol–water partition coefficient (Wildman–Crippen LogP) is 2.94. The van der Waals surface area contributed by atoms with Crippen LogP contribution >= 0.6 is 0 Å². The summed E-state index contributed by atoms with van der Waals surface area (Å²) in [4.78, 5) is 169. The molecule has 10 amide bonds. The second kappa shape index (κ2) is 35.2. The Hall–Kier alpha value is -6.27. The molecule has 1 aliphatic heterocycles. The first-order valence-corrected chi connectivity index (χ1v) is 31.2. The third-order valence-electron chi connectivity index (χ3n) is 16.4. The Bertz CT molecular complexity index is 2480. The van der Waals surface area contributed by atoms with E-state index in [2.05, 4.69) is 27.8 Å². The lowest BCUT2D eigenvalue weighted by Crippen LogP contribution is -2.63. The Labute approximate surface area is 525 Å². The number of ketones is 1. The molecule has 24 nitrogen and oxygen atoms in total. The fourth-order valence-electron chi connectivity index (χ4n) is 10.9. The molecule has 1 heterocycles. The average Bonchev–Trinajstić information content (AvgIpc) is 1.54. The van der Waals surface area contributed by atoms with Crippen LogP contribution in [0.15, 0.2) is 24.4 Å². The number of rotatable bonds is 15. The number of hydrogen-bond donors (Lipinski definition) is 6. The lowest BCUT2D eigenvalue weighted by Gasteiger charge is -2.41. The smallest absolute Gasteiger partial charge is 0.249 e. The van der Waals surface area contributed by atoms with Crippen molar-refractivity contribution in [2.24, 2.45) is 35.5 Å². The monoisotopic (exact) mass is 1240 g/mol. The number of carbonyl (C=O) groups excluding carboxylic acids is 11. The van der Waals surface area contributed by atoms with Crippen LogP contribution in [0.5, 0.6) is 0 Å². The fraction of sp³-hybridized carbons (Fsp3) is 0.766. The largest absolute Gasteiger partial charge is 0.390 e. The Kier molecular flexibility index (Phi) is 31.9. The number of Topliss-reactive ketones (excluding diaryl/α,β-unsaturated/α-hetero) is 1. The minimum Gasteiger partial charge on any atom is -0.390 e. The first-order valence-electron chi connectivity index (χ1n) is 31.2. The number of likely N-dealkylation sites (N-methyl/N-ethyl adjacent to an activating group) is 7. The van der Waals surface area contributed by atoms with Crippen LogP contribution in [0.4, 0.5) is 0 Å². The molecule has 24 heteroatoms. The number of hydrogen-bond acceptors (Lipinski definition) is 14. The Balaban J connectivity index is 4.35. The summed E-state index contributed by atoms with van der Waals surface area (Å²) in [5.41, 5.74) is -1.82. The maximum Gasteiger partial charge on any atom is 0.249 e. The van der Waals surface area contributed by atoms with Crippen LogP contribution < -0.4 is 21.3 Å². The summed E-state index contributed by atoms with van der Waals surface area (Å²) in [5, 5.41) is 34.1. The molecule has 1 fully saturated rings. The summed E-state index contributed by atoms with van der Waals surface area (Å²) in [5.74, 6) is -10.2. The van der Waals surface area contributed by atoms with Crippen molar-refractivity contribution >= 4 is 64.9 Å². The molecule has 1 aliphatic rings. The molecule has 0 radical (unpaired) electrons. The van der Waals surface area contributed by atoms with Crippen LogP contribution in [-0.2, 0) is 52.7 Å². The van der Waals surface area contributed by atoms with Gasteiger partial charge in [0.2, 0.25) is 59.1 Å². The van der Waals surface area contributed by atoms with E-state index in [1.165, 1.54) is 102 Å². The van der Waals surface area contributed by atoms with Crippen molar-refractivity contribution in [2.75, 3.05) is 55.9 Å². The van der Waals surface area contributed by atoms with Crippen LogP contribution in [0.25, 0.3) is 0 Å². The summed E-state index contributed by atoms with van der Waals surface area (Å²) >= 11 is 0. The summed E-state index contributed by atoms with van der Waals surface area (Å²) < 4.78 is 0. The van der Waals surface area contributed by atoms with E-state index in [1.807, 2.05) is 41.5 Å². The highest BCUT2D eigenvalue weighted by Crippen LogP contribution is 2.26.